The Morgan fingerprint density at radius 2 is 1.92 bits per heavy atom. The number of benzene rings is 1. The van der Waals surface area contributed by atoms with Gasteiger partial charge in [0.05, 0.1) is 53.0 Å². The van der Waals surface area contributed by atoms with E-state index in [-0.39, 0.29) is 42.3 Å². The van der Waals surface area contributed by atoms with Crippen LogP contribution in [-0.2, 0) is 56.2 Å². The monoisotopic (exact) mass is 1010 g/mol. The Bertz CT molecular complexity index is 2340. The van der Waals surface area contributed by atoms with Crippen LogP contribution in [0.25, 0.3) is 33.4 Å². The summed E-state index contributed by atoms with van der Waals surface area (Å²) in [4.78, 5) is 55.8. The Balaban J connectivity index is 0.00000326. The number of carbonyl (C=O) groups is 3. The van der Waals surface area contributed by atoms with Crippen molar-refractivity contribution in [3.8, 4) is 28.5 Å². The van der Waals surface area contributed by atoms with Crippen molar-refractivity contribution in [1.29, 1.82) is 0 Å². The first-order chi connectivity index (χ1) is 30.4. The minimum atomic E-state index is -0.844. The second-order valence-electron chi connectivity index (χ2n) is 17.0. The van der Waals surface area contributed by atoms with E-state index in [1.54, 1.807) is 41.3 Å². The summed E-state index contributed by atoms with van der Waals surface area (Å²) in [7, 11) is 1.69. The van der Waals surface area contributed by atoms with Crippen LogP contribution in [0.3, 0.4) is 0 Å². The van der Waals surface area contributed by atoms with Gasteiger partial charge in [-0.05, 0) is 81.7 Å². The second-order valence-corrected chi connectivity index (χ2v) is 18.8. The van der Waals surface area contributed by atoms with E-state index in [9.17, 15) is 14.4 Å². The standard InChI is InChI=1S/C45H58N8O6S2.CH3.Sb/c1-8-51-37-16-15-30(21-33(37)34(23-45(5,6)26-58-27-54)40(51)32-14-11-17-46-39(32)29(4)57-7)36-25-60-38(49-36)22-35(43(56)53-20-10-9-18-48-53)50-42(55)41(28(2)3)61-59-44-47-24-31-13-12-19-52(31)44;;/h11,14-17,21,24-25,27-29,35,41,48H,8-10,12-13,18-20,22-23,26H2,1-7H3,(H,50,55);1H3;. The van der Waals surface area contributed by atoms with Crippen LogP contribution in [0.2, 0.25) is 4.87 Å². The average molecular weight is 1010 g/mol. The molecule has 7 rings (SSSR count). The molecule has 1 saturated heterocycles. The third kappa shape index (κ3) is 11.3. The fourth-order valence-electron chi connectivity index (χ4n) is 8.34. The zero-order valence-corrected chi connectivity index (χ0v) is 41.9. The van der Waals surface area contributed by atoms with Crippen molar-refractivity contribution < 1.29 is 28.0 Å². The summed E-state index contributed by atoms with van der Waals surface area (Å²) >= 11 is 4.31. The molecule has 338 valence electrons. The number of nitrogens with one attached hydrogen (secondary N) is 2. The summed E-state index contributed by atoms with van der Waals surface area (Å²) in [5, 5.41) is 7.98. The molecule has 5 aromatic rings. The number of carbonyl (C=O) groups excluding carboxylic acids is 3. The van der Waals surface area contributed by atoms with E-state index >= 15 is 0 Å². The molecule has 1 fully saturated rings. The predicted octanol–water partition coefficient (Wildman–Crippen LogP) is 7.55. The summed E-state index contributed by atoms with van der Waals surface area (Å²) in [6, 6.07) is 10.1. The van der Waals surface area contributed by atoms with Gasteiger partial charge in [-0.1, -0.05) is 33.8 Å². The van der Waals surface area contributed by atoms with Crippen molar-refractivity contribution in [1.82, 2.24) is 39.8 Å². The average Bonchev–Trinajstić information content (AvgIpc) is 4.11. The molecule has 4 aromatic heterocycles. The second kappa shape index (κ2) is 22.3. The van der Waals surface area contributed by atoms with Crippen LogP contribution in [0.1, 0.15) is 88.9 Å². The van der Waals surface area contributed by atoms with Crippen LogP contribution >= 0.6 is 23.4 Å². The van der Waals surface area contributed by atoms with Crippen LogP contribution in [-0.4, -0.2) is 109 Å². The maximum absolute atomic E-state index is 14.1. The van der Waals surface area contributed by atoms with E-state index in [4.69, 9.17) is 23.6 Å². The molecule has 2 radical (unpaired) electrons. The third-order valence-corrected chi connectivity index (χ3v) is 13.6. The Hall–Kier alpha value is -3.95. The number of pyridine rings is 1. The molecule has 14 nitrogen and oxygen atoms in total. The van der Waals surface area contributed by atoms with E-state index in [0.29, 0.717) is 38.5 Å². The van der Waals surface area contributed by atoms with Gasteiger partial charge in [0, 0.05) is 84.4 Å². The zero-order chi connectivity index (χ0) is 45.3. The molecule has 3 unspecified atom stereocenters. The van der Waals surface area contributed by atoms with Crippen LogP contribution < -0.4 is 14.9 Å². The van der Waals surface area contributed by atoms with E-state index in [2.05, 4.69) is 74.8 Å². The normalized spacial score (nSPS) is 15.4. The topological polar surface area (TPSA) is 155 Å². The predicted molar refractivity (Wildman–Crippen MR) is 250 cm³/mol. The summed E-state index contributed by atoms with van der Waals surface area (Å²) in [6.07, 6.45) is 8.12. The van der Waals surface area contributed by atoms with Gasteiger partial charge in [-0.15, -0.1) is 11.3 Å². The van der Waals surface area contributed by atoms with Crippen LogP contribution in [0.15, 0.2) is 48.1 Å². The number of aryl methyl sites for hydroxylation is 2. The molecular weight excluding hydrogens is 946 g/mol. The molecule has 0 spiro atoms. The van der Waals surface area contributed by atoms with Gasteiger partial charge >= 0.3 is 33.9 Å². The first-order valence-electron chi connectivity index (χ1n) is 21.7. The van der Waals surface area contributed by atoms with Crippen molar-refractivity contribution in [3.63, 3.8) is 0 Å². The van der Waals surface area contributed by atoms with Gasteiger partial charge in [-0.2, -0.15) is 0 Å². The van der Waals surface area contributed by atoms with Gasteiger partial charge in [0.15, 0.2) is 0 Å². The Morgan fingerprint density at radius 3 is 2.63 bits per heavy atom. The van der Waals surface area contributed by atoms with Crippen molar-refractivity contribution in [2.24, 2.45) is 11.3 Å². The quantitative estimate of drug-likeness (QED) is 0.0479. The van der Waals surface area contributed by atoms with Crippen LogP contribution in [0.4, 0.5) is 0 Å². The number of methoxy groups -OCH3 is 1. The summed E-state index contributed by atoms with van der Waals surface area (Å²) in [5.74, 6) is -0.539. The maximum atomic E-state index is 14.1. The molecule has 2 aliphatic rings. The molecule has 1 aromatic carbocycles. The number of hydrogen-bond donors (Lipinski definition) is 2. The van der Waals surface area contributed by atoms with E-state index in [1.807, 2.05) is 38.4 Å². The molecular formula is C46H61N8O6S2Sb. The fraction of sp³-hybridized carbons (Fsp3) is 0.522. The molecule has 0 bridgehead atoms. The zero-order valence-electron chi connectivity index (χ0n) is 37.7. The number of amides is 2. The number of fused-ring (bicyclic) bond motifs is 2. The number of imidazole rings is 1. The van der Waals surface area contributed by atoms with E-state index < -0.39 is 11.3 Å². The number of hydrazine groups is 1. The fourth-order valence-corrected chi connectivity index (χ4v) is 9.89. The number of rotatable bonds is 19. The number of ether oxygens (including phenoxy) is 2. The molecule has 0 saturated carbocycles. The Kier molecular flexibility index (Phi) is 17.2. The summed E-state index contributed by atoms with van der Waals surface area (Å²) in [5.41, 5.74) is 10.8. The number of aromatic nitrogens is 5. The minimum absolute atomic E-state index is 0.0764. The van der Waals surface area contributed by atoms with E-state index in [1.165, 1.54) is 11.3 Å². The van der Waals surface area contributed by atoms with Gasteiger partial charge < -0.3 is 23.5 Å². The van der Waals surface area contributed by atoms with Gasteiger partial charge in [-0.3, -0.25) is 28.9 Å². The molecule has 2 aliphatic heterocycles. The molecule has 2 amide bonds. The summed E-state index contributed by atoms with van der Waals surface area (Å²) in [6.45, 7) is 15.9. The summed E-state index contributed by atoms with van der Waals surface area (Å²) < 4.78 is 21.5. The van der Waals surface area contributed by atoms with Gasteiger partial charge in [-0.25, -0.2) is 15.4 Å². The molecule has 3 atom stereocenters. The number of thiazole rings is 1. The van der Waals surface area contributed by atoms with Gasteiger partial charge in [0.1, 0.15) is 11.3 Å². The van der Waals surface area contributed by atoms with Gasteiger partial charge in [0.25, 0.3) is 12.4 Å². The Labute approximate surface area is 393 Å². The first-order valence-corrected chi connectivity index (χ1v) is 26.0. The molecule has 17 heteroatoms. The number of nitrogens with zero attached hydrogens (tertiary/aromatic N) is 6. The molecule has 2 N–H and O–H groups in total. The van der Waals surface area contributed by atoms with Crippen LogP contribution in [0, 0.1) is 11.3 Å². The van der Waals surface area contributed by atoms with E-state index in [0.717, 1.165) is 99.6 Å². The first kappa shape index (κ1) is 48.5. The molecule has 0 aliphatic carbocycles. The van der Waals surface area contributed by atoms with Crippen molar-refractivity contribution in [3.05, 3.63) is 70.1 Å². The Morgan fingerprint density at radius 1 is 1.11 bits per heavy atom. The molecule has 63 heavy (non-hydrogen) atoms. The SMILES string of the molecule is CCn1c(-c2cccnc2C(C)OC)c(CC(C)(C)COC=O)c2cc(-c3csc(CC(NC(=O)C(SOc4ncc5n4CCC5)C(C)C)C(=O)N4CCCCN4)n3)ccc21.[CH3][Sb]. The third-order valence-electron chi connectivity index (χ3n) is 11.5. The van der Waals surface area contributed by atoms with Crippen molar-refractivity contribution in [2.75, 3.05) is 26.8 Å². The van der Waals surface area contributed by atoms with Gasteiger partial charge in [0.2, 0.25) is 5.91 Å². The number of hydrogen-bond acceptors (Lipinski definition) is 12. The van der Waals surface area contributed by atoms with Crippen molar-refractivity contribution >= 4 is 75.6 Å². The van der Waals surface area contributed by atoms with Crippen LogP contribution in [0.5, 0.6) is 6.01 Å². The molecule has 6 heterocycles. The van der Waals surface area contributed by atoms with Crippen molar-refractivity contribution in [2.45, 2.75) is 115 Å².